The second-order valence-electron chi connectivity index (χ2n) is 5.62. The molecule has 1 amide bonds. The van der Waals surface area contributed by atoms with E-state index in [1.807, 2.05) is 0 Å². The third-order valence-electron chi connectivity index (χ3n) is 4.60. The number of ether oxygens (including phenoxy) is 1. The van der Waals surface area contributed by atoms with Gasteiger partial charge in [0.05, 0.1) is 13.2 Å². The van der Waals surface area contributed by atoms with Crippen molar-refractivity contribution in [1.82, 2.24) is 4.90 Å². The molecule has 0 aromatic rings. The van der Waals surface area contributed by atoms with E-state index in [1.54, 1.807) is 4.90 Å². The molecule has 4 atom stereocenters. The molecule has 2 aliphatic carbocycles. The summed E-state index contributed by atoms with van der Waals surface area (Å²) in [6, 6.07) is 0. The van der Waals surface area contributed by atoms with E-state index in [2.05, 4.69) is 0 Å². The van der Waals surface area contributed by atoms with E-state index in [-0.39, 0.29) is 18.4 Å². The average Bonchev–Trinajstić information content (AvgIpc) is 3.12. The number of hydrogen-bond donors (Lipinski definition) is 1. The van der Waals surface area contributed by atoms with Gasteiger partial charge in [-0.05, 0) is 24.7 Å². The zero-order chi connectivity index (χ0) is 12.7. The number of carboxylic acids is 1. The maximum Gasteiger partial charge on any atom is 0.334 e. The minimum absolute atomic E-state index is 0.168. The monoisotopic (exact) mass is 253 g/mol. The molecule has 1 heterocycles. The molecule has 1 N–H and O–H groups in total. The Morgan fingerprint density at radius 1 is 1.17 bits per heavy atom. The number of rotatable bonds is 2. The molecule has 3 rings (SSSR count). The van der Waals surface area contributed by atoms with Crippen LogP contribution in [-0.2, 0) is 14.3 Å². The summed E-state index contributed by atoms with van der Waals surface area (Å²) in [5.74, 6) is 0.539. The van der Waals surface area contributed by atoms with Gasteiger partial charge in [-0.3, -0.25) is 4.79 Å². The Balaban J connectivity index is 1.61. The maximum atomic E-state index is 12.4. The number of hydrogen-bond acceptors (Lipinski definition) is 3. The van der Waals surface area contributed by atoms with Crippen LogP contribution >= 0.6 is 0 Å². The zero-order valence-corrected chi connectivity index (χ0v) is 10.4. The van der Waals surface area contributed by atoms with Crippen LogP contribution in [0, 0.1) is 17.8 Å². The molecule has 5 nitrogen and oxygen atoms in total. The van der Waals surface area contributed by atoms with E-state index in [1.165, 1.54) is 25.7 Å². The molecular weight excluding hydrogens is 234 g/mol. The smallest absolute Gasteiger partial charge is 0.334 e. The fraction of sp³-hybridized carbons (Fsp3) is 0.846. The highest BCUT2D eigenvalue weighted by Crippen LogP contribution is 2.56. The molecule has 1 aliphatic heterocycles. The fourth-order valence-electron chi connectivity index (χ4n) is 3.57. The van der Waals surface area contributed by atoms with E-state index in [0.29, 0.717) is 25.0 Å². The van der Waals surface area contributed by atoms with Crippen molar-refractivity contribution in [3.8, 4) is 0 Å². The number of carbonyl (C=O) groups excluding carboxylic acids is 1. The Morgan fingerprint density at radius 2 is 1.83 bits per heavy atom. The molecular formula is C13H19NO4. The number of aliphatic carboxylic acids is 1. The normalized spacial score (nSPS) is 39.0. The van der Waals surface area contributed by atoms with Crippen LogP contribution in [0.1, 0.15) is 25.7 Å². The number of amides is 1. The summed E-state index contributed by atoms with van der Waals surface area (Å²) in [7, 11) is 0. The molecule has 5 heteroatoms. The molecule has 18 heavy (non-hydrogen) atoms. The van der Waals surface area contributed by atoms with Crippen LogP contribution in [0.25, 0.3) is 0 Å². The summed E-state index contributed by atoms with van der Waals surface area (Å²) in [6.07, 6.45) is 3.99. The van der Waals surface area contributed by atoms with Gasteiger partial charge in [0.1, 0.15) is 0 Å². The quantitative estimate of drug-likeness (QED) is 0.788. The number of nitrogens with zero attached hydrogens (tertiary/aromatic N) is 1. The van der Waals surface area contributed by atoms with Crippen LogP contribution in [-0.4, -0.2) is 47.7 Å². The first-order valence-electron chi connectivity index (χ1n) is 6.81. The molecule has 0 bridgehead atoms. The lowest BCUT2D eigenvalue weighted by atomic mass is 10.0. The summed E-state index contributed by atoms with van der Waals surface area (Å²) in [5.41, 5.74) is 0. The molecule has 1 unspecified atom stereocenters. The van der Waals surface area contributed by atoms with Gasteiger partial charge in [-0.15, -0.1) is 0 Å². The van der Waals surface area contributed by atoms with Crippen molar-refractivity contribution in [2.24, 2.45) is 17.8 Å². The lowest BCUT2D eigenvalue weighted by Crippen LogP contribution is -2.49. The summed E-state index contributed by atoms with van der Waals surface area (Å²) in [4.78, 5) is 25.0. The second-order valence-corrected chi connectivity index (χ2v) is 5.62. The highest BCUT2D eigenvalue weighted by atomic mass is 16.5. The van der Waals surface area contributed by atoms with Crippen LogP contribution in [0.2, 0.25) is 0 Å². The minimum Gasteiger partial charge on any atom is -0.479 e. The van der Waals surface area contributed by atoms with Crippen LogP contribution < -0.4 is 0 Å². The summed E-state index contributed by atoms with van der Waals surface area (Å²) in [5, 5.41) is 8.94. The molecule has 3 fully saturated rings. The van der Waals surface area contributed by atoms with E-state index < -0.39 is 12.1 Å². The third-order valence-corrected chi connectivity index (χ3v) is 4.60. The van der Waals surface area contributed by atoms with E-state index in [9.17, 15) is 9.59 Å². The molecule has 0 radical (unpaired) electrons. The van der Waals surface area contributed by atoms with Gasteiger partial charge in [0.15, 0.2) is 6.10 Å². The fourth-order valence-corrected chi connectivity index (χ4v) is 3.57. The van der Waals surface area contributed by atoms with E-state index in [0.717, 1.165) is 0 Å². The lowest BCUT2D eigenvalue weighted by Gasteiger charge is -2.31. The first-order chi connectivity index (χ1) is 8.68. The Hall–Kier alpha value is -1.10. The molecule has 0 aromatic carbocycles. The number of morpholine rings is 1. The lowest BCUT2D eigenvalue weighted by molar-refractivity contribution is -0.159. The maximum absolute atomic E-state index is 12.4. The minimum atomic E-state index is -0.972. The zero-order valence-electron chi connectivity index (χ0n) is 10.4. The van der Waals surface area contributed by atoms with Crippen molar-refractivity contribution in [2.75, 3.05) is 19.7 Å². The second kappa shape index (κ2) is 4.53. The van der Waals surface area contributed by atoms with Crippen molar-refractivity contribution in [3.63, 3.8) is 0 Å². The van der Waals surface area contributed by atoms with Crippen molar-refractivity contribution < 1.29 is 19.4 Å². The molecule has 2 saturated carbocycles. The highest BCUT2D eigenvalue weighted by Gasteiger charge is 2.56. The topological polar surface area (TPSA) is 66.8 Å². The molecule has 100 valence electrons. The Morgan fingerprint density at radius 3 is 2.44 bits per heavy atom. The Bertz CT molecular complexity index is 358. The van der Waals surface area contributed by atoms with Crippen LogP contribution in [0.4, 0.5) is 0 Å². The van der Waals surface area contributed by atoms with E-state index >= 15 is 0 Å². The van der Waals surface area contributed by atoms with Crippen LogP contribution in [0.5, 0.6) is 0 Å². The SMILES string of the molecule is O=C(O)[C@@H]1CN(C(=O)C2[C@H]3CCCC[C@@H]23)CCO1. The third kappa shape index (κ3) is 2.00. The summed E-state index contributed by atoms with van der Waals surface area (Å²) >= 11 is 0. The number of carbonyl (C=O) groups is 2. The molecule has 1 saturated heterocycles. The molecule has 0 aromatic heterocycles. The number of carboxylic acid groups (broad SMARTS) is 1. The van der Waals surface area contributed by atoms with Gasteiger partial charge in [-0.2, -0.15) is 0 Å². The van der Waals surface area contributed by atoms with Crippen LogP contribution in [0.15, 0.2) is 0 Å². The Labute approximate surface area is 106 Å². The van der Waals surface area contributed by atoms with Crippen molar-refractivity contribution >= 4 is 11.9 Å². The summed E-state index contributed by atoms with van der Waals surface area (Å²) < 4.78 is 5.15. The predicted octanol–water partition coefficient (Wildman–Crippen LogP) is 0.735. The van der Waals surface area contributed by atoms with Gasteiger partial charge >= 0.3 is 5.97 Å². The van der Waals surface area contributed by atoms with Gasteiger partial charge in [-0.25, -0.2) is 4.79 Å². The van der Waals surface area contributed by atoms with Gasteiger partial charge < -0.3 is 14.7 Å². The van der Waals surface area contributed by atoms with Crippen molar-refractivity contribution in [2.45, 2.75) is 31.8 Å². The standard InChI is InChI=1S/C13H19NO4/c15-12(11-8-3-1-2-4-9(8)11)14-5-6-18-10(7-14)13(16)17/h8-11H,1-7H2,(H,16,17)/t8-,9+,10-,11?/m0/s1. The van der Waals surface area contributed by atoms with Gasteiger partial charge in [0.2, 0.25) is 5.91 Å². The molecule has 3 aliphatic rings. The van der Waals surface area contributed by atoms with Crippen molar-refractivity contribution in [3.05, 3.63) is 0 Å². The largest absolute Gasteiger partial charge is 0.479 e. The average molecular weight is 253 g/mol. The van der Waals surface area contributed by atoms with Gasteiger partial charge in [0.25, 0.3) is 0 Å². The van der Waals surface area contributed by atoms with Gasteiger partial charge in [0, 0.05) is 12.5 Å². The van der Waals surface area contributed by atoms with Crippen LogP contribution in [0.3, 0.4) is 0 Å². The Kier molecular flexibility index (Phi) is 3.01. The summed E-state index contributed by atoms with van der Waals surface area (Å²) in [6.45, 7) is 1.09. The first kappa shape index (κ1) is 12.0. The predicted molar refractivity (Wildman–Crippen MR) is 62.9 cm³/mol. The van der Waals surface area contributed by atoms with Crippen molar-refractivity contribution in [1.29, 1.82) is 0 Å². The first-order valence-corrected chi connectivity index (χ1v) is 6.81. The number of fused-ring (bicyclic) bond motifs is 1. The van der Waals surface area contributed by atoms with E-state index in [4.69, 9.17) is 9.84 Å². The highest BCUT2D eigenvalue weighted by molar-refractivity contribution is 5.83. The molecule has 0 spiro atoms. The van der Waals surface area contributed by atoms with Gasteiger partial charge in [-0.1, -0.05) is 12.8 Å².